The second-order valence-corrected chi connectivity index (χ2v) is 10.1. The van der Waals surface area contributed by atoms with Crippen LogP contribution in [0, 0.1) is 6.92 Å². The topological polar surface area (TPSA) is 83.6 Å². The molecule has 0 atom stereocenters. The van der Waals surface area contributed by atoms with Crippen molar-refractivity contribution >= 4 is 37.1 Å². The van der Waals surface area contributed by atoms with Crippen molar-refractivity contribution in [3.05, 3.63) is 47.3 Å². The first-order valence-corrected chi connectivity index (χ1v) is 10.9. The highest BCUT2D eigenvalue weighted by Gasteiger charge is 2.20. The van der Waals surface area contributed by atoms with E-state index in [1.165, 1.54) is 21.7 Å². The fraction of sp³-hybridized carbons (Fsp3) is 0.286. The highest BCUT2D eigenvalue weighted by atomic mass is 32.2. The van der Waals surface area contributed by atoms with Gasteiger partial charge in [0.2, 0.25) is 20.0 Å². The van der Waals surface area contributed by atoms with Crippen molar-refractivity contribution in [3.63, 3.8) is 0 Å². The number of rotatable bonds is 7. The normalized spacial score (nSPS) is 12.3. The Morgan fingerprint density at radius 1 is 1.04 bits per heavy atom. The van der Waals surface area contributed by atoms with Crippen molar-refractivity contribution in [3.8, 4) is 0 Å². The fourth-order valence-electron chi connectivity index (χ4n) is 1.99. The van der Waals surface area contributed by atoms with Crippen LogP contribution in [0.3, 0.4) is 0 Å². The number of benzene rings is 1. The molecule has 0 saturated heterocycles. The number of hydrogen-bond acceptors (Lipinski definition) is 5. The summed E-state index contributed by atoms with van der Waals surface area (Å²) in [4.78, 5) is 0.896. The van der Waals surface area contributed by atoms with E-state index in [0.29, 0.717) is 5.69 Å². The molecular weight excluding hydrogens is 356 g/mol. The van der Waals surface area contributed by atoms with E-state index in [1.807, 2.05) is 6.92 Å². The molecule has 0 fully saturated rings. The first-order chi connectivity index (χ1) is 10.7. The Morgan fingerprint density at radius 3 is 2.22 bits per heavy atom. The zero-order valence-electron chi connectivity index (χ0n) is 12.8. The summed E-state index contributed by atoms with van der Waals surface area (Å²) < 4.78 is 51.9. The monoisotopic (exact) mass is 374 g/mol. The molecule has 0 saturated carbocycles. The number of sulfonamides is 2. The molecule has 23 heavy (non-hydrogen) atoms. The van der Waals surface area contributed by atoms with E-state index in [4.69, 9.17) is 0 Å². The van der Waals surface area contributed by atoms with Gasteiger partial charge in [0.1, 0.15) is 4.21 Å². The Morgan fingerprint density at radius 2 is 1.70 bits per heavy atom. The van der Waals surface area contributed by atoms with Crippen LogP contribution in [0.4, 0.5) is 5.69 Å². The maximum Gasteiger partial charge on any atom is 0.250 e. The molecule has 2 aromatic rings. The van der Waals surface area contributed by atoms with Gasteiger partial charge in [0.05, 0.1) is 11.9 Å². The van der Waals surface area contributed by atoms with E-state index < -0.39 is 20.0 Å². The Kier molecular flexibility index (Phi) is 5.45. The average molecular weight is 375 g/mol. The highest BCUT2D eigenvalue weighted by Crippen LogP contribution is 2.20. The lowest BCUT2D eigenvalue weighted by Crippen LogP contribution is -2.38. The summed E-state index contributed by atoms with van der Waals surface area (Å²) in [5, 5.41) is 0. The number of nitrogens with zero attached hydrogens (tertiary/aromatic N) is 1. The predicted molar refractivity (Wildman–Crippen MR) is 92.9 cm³/mol. The van der Waals surface area contributed by atoms with Crippen LogP contribution in [0.1, 0.15) is 4.88 Å². The minimum Gasteiger partial charge on any atom is -0.269 e. The molecular formula is C14H18N2O4S3. The molecule has 0 aliphatic rings. The number of thiophene rings is 1. The van der Waals surface area contributed by atoms with Crippen LogP contribution in [-0.4, -0.2) is 36.2 Å². The van der Waals surface area contributed by atoms with Crippen LogP contribution >= 0.6 is 11.3 Å². The number of para-hydroxylation sites is 1. The quantitative estimate of drug-likeness (QED) is 0.801. The van der Waals surface area contributed by atoms with Crippen LogP contribution < -0.4 is 9.03 Å². The van der Waals surface area contributed by atoms with Gasteiger partial charge in [-0.1, -0.05) is 18.2 Å². The third-order valence-electron chi connectivity index (χ3n) is 3.03. The molecule has 1 aromatic heterocycles. The Labute approximate surface area is 140 Å². The molecule has 1 N–H and O–H groups in total. The van der Waals surface area contributed by atoms with Crippen molar-refractivity contribution in [1.29, 1.82) is 0 Å². The molecule has 0 unspecified atom stereocenters. The Bertz CT molecular complexity index is 858. The first-order valence-electron chi connectivity index (χ1n) is 6.79. The average Bonchev–Trinajstić information content (AvgIpc) is 2.91. The van der Waals surface area contributed by atoms with E-state index >= 15 is 0 Å². The van der Waals surface area contributed by atoms with Gasteiger partial charge in [0.25, 0.3) is 0 Å². The van der Waals surface area contributed by atoms with Crippen molar-refractivity contribution < 1.29 is 16.8 Å². The van der Waals surface area contributed by atoms with E-state index in [1.54, 1.807) is 36.4 Å². The summed E-state index contributed by atoms with van der Waals surface area (Å²) in [5.74, 6) is 0. The highest BCUT2D eigenvalue weighted by molar-refractivity contribution is 7.92. The van der Waals surface area contributed by atoms with E-state index in [0.717, 1.165) is 11.1 Å². The molecule has 1 heterocycles. The predicted octanol–water partition coefficient (Wildman–Crippen LogP) is 1.80. The summed E-state index contributed by atoms with van der Waals surface area (Å²) in [6.07, 6.45) is 1.09. The largest absolute Gasteiger partial charge is 0.269 e. The molecule has 9 heteroatoms. The van der Waals surface area contributed by atoms with Crippen LogP contribution in [0.15, 0.2) is 46.7 Å². The summed E-state index contributed by atoms with van der Waals surface area (Å²) in [6, 6.07) is 11.8. The standard InChI is InChI=1S/C14H18N2O4S3/c1-12-8-9-14(21-12)23(19,20)15-10-11-16(22(2,17)18)13-6-4-3-5-7-13/h3-9,15H,10-11H2,1-2H3. The third-order valence-corrected chi connectivity index (χ3v) is 7.18. The molecule has 2 rings (SSSR count). The summed E-state index contributed by atoms with van der Waals surface area (Å²) in [5.41, 5.74) is 0.501. The van der Waals surface area contributed by atoms with E-state index in [2.05, 4.69) is 4.72 Å². The molecule has 1 aromatic carbocycles. The second-order valence-electron chi connectivity index (χ2n) is 4.93. The number of aryl methyl sites for hydroxylation is 1. The SMILES string of the molecule is Cc1ccc(S(=O)(=O)NCCN(c2ccccc2)S(C)(=O)=O)s1. The minimum atomic E-state index is -3.62. The molecule has 0 amide bonds. The van der Waals surface area contributed by atoms with Gasteiger partial charge in [-0.15, -0.1) is 11.3 Å². The summed E-state index contributed by atoms with van der Waals surface area (Å²) >= 11 is 1.17. The molecule has 0 bridgehead atoms. The third kappa shape index (κ3) is 4.77. The van der Waals surface area contributed by atoms with Gasteiger partial charge in [-0.25, -0.2) is 21.6 Å². The van der Waals surface area contributed by atoms with Gasteiger partial charge in [-0.2, -0.15) is 0 Å². The van der Waals surface area contributed by atoms with Crippen LogP contribution in [0.25, 0.3) is 0 Å². The molecule has 0 radical (unpaired) electrons. The lowest BCUT2D eigenvalue weighted by Gasteiger charge is -2.22. The van der Waals surface area contributed by atoms with Crippen molar-refractivity contribution in [1.82, 2.24) is 4.72 Å². The van der Waals surface area contributed by atoms with Crippen LogP contribution in [0.2, 0.25) is 0 Å². The molecule has 0 aliphatic heterocycles. The van der Waals surface area contributed by atoms with Gasteiger partial charge in [-0.05, 0) is 31.2 Å². The minimum absolute atomic E-state index is 0.0127. The van der Waals surface area contributed by atoms with Crippen molar-refractivity contribution in [2.24, 2.45) is 0 Å². The molecule has 126 valence electrons. The number of anilines is 1. The summed E-state index contributed by atoms with van der Waals surface area (Å²) in [7, 11) is -7.11. The maximum absolute atomic E-state index is 12.1. The van der Waals surface area contributed by atoms with Gasteiger partial charge >= 0.3 is 0 Å². The Balaban J connectivity index is 2.08. The zero-order chi connectivity index (χ0) is 17.1. The van der Waals surface area contributed by atoms with E-state index in [9.17, 15) is 16.8 Å². The first kappa shape index (κ1) is 17.9. The van der Waals surface area contributed by atoms with Crippen LogP contribution in [-0.2, 0) is 20.0 Å². The molecule has 0 aliphatic carbocycles. The summed E-state index contributed by atoms with van der Waals surface area (Å²) in [6.45, 7) is 1.83. The van der Waals surface area contributed by atoms with Gasteiger partial charge in [0.15, 0.2) is 0 Å². The fourth-order valence-corrected chi connectivity index (χ4v) is 5.27. The second kappa shape index (κ2) is 7.00. The number of hydrogen-bond donors (Lipinski definition) is 1. The lowest BCUT2D eigenvalue weighted by atomic mass is 10.3. The van der Waals surface area contributed by atoms with E-state index in [-0.39, 0.29) is 17.3 Å². The van der Waals surface area contributed by atoms with Crippen molar-refractivity contribution in [2.75, 3.05) is 23.7 Å². The Hall–Kier alpha value is -1.42. The zero-order valence-corrected chi connectivity index (χ0v) is 15.2. The van der Waals surface area contributed by atoms with Gasteiger partial charge in [0, 0.05) is 18.0 Å². The number of nitrogens with one attached hydrogen (secondary N) is 1. The maximum atomic E-state index is 12.1. The lowest BCUT2D eigenvalue weighted by molar-refractivity contribution is 0.580. The van der Waals surface area contributed by atoms with Gasteiger partial charge in [-0.3, -0.25) is 4.31 Å². The van der Waals surface area contributed by atoms with Gasteiger partial charge < -0.3 is 0 Å². The molecule has 0 spiro atoms. The van der Waals surface area contributed by atoms with Crippen LogP contribution in [0.5, 0.6) is 0 Å². The van der Waals surface area contributed by atoms with Crippen molar-refractivity contribution in [2.45, 2.75) is 11.1 Å². The smallest absolute Gasteiger partial charge is 0.250 e. The molecule has 6 nitrogen and oxygen atoms in total.